The summed E-state index contributed by atoms with van der Waals surface area (Å²) in [6, 6.07) is 17.0. The van der Waals surface area contributed by atoms with Crippen LogP contribution in [0.5, 0.6) is 5.75 Å². The summed E-state index contributed by atoms with van der Waals surface area (Å²) in [7, 11) is 1.70. The van der Waals surface area contributed by atoms with E-state index in [4.69, 9.17) is 17.0 Å². The Morgan fingerprint density at radius 1 is 1.17 bits per heavy atom. The molecule has 4 heteroatoms. The molecule has 0 amide bonds. The zero-order valence-electron chi connectivity index (χ0n) is 13.0. The number of aliphatic imine (C=N–C) groups is 1. The van der Waals surface area contributed by atoms with Gasteiger partial charge in [-0.05, 0) is 59.9 Å². The molecule has 2 aliphatic rings. The number of thiocarbonyl (C=S) groups is 1. The van der Waals surface area contributed by atoms with Gasteiger partial charge in [0.25, 0.3) is 0 Å². The van der Waals surface area contributed by atoms with Crippen LogP contribution in [0.3, 0.4) is 0 Å². The van der Waals surface area contributed by atoms with Gasteiger partial charge in [-0.15, -0.1) is 0 Å². The molecule has 0 fully saturated rings. The van der Waals surface area contributed by atoms with Crippen molar-refractivity contribution in [2.24, 2.45) is 10.9 Å². The van der Waals surface area contributed by atoms with E-state index in [-0.39, 0.29) is 6.04 Å². The zero-order valence-corrected chi connectivity index (χ0v) is 13.8. The maximum absolute atomic E-state index is 5.41. The van der Waals surface area contributed by atoms with Crippen molar-refractivity contribution in [3.63, 3.8) is 0 Å². The Balaban J connectivity index is 1.77. The van der Waals surface area contributed by atoms with Gasteiger partial charge in [0.05, 0.1) is 18.9 Å². The van der Waals surface area contributed by atoms with Crippen LogP contribution < -0.4 is 10.1 Å². The molecule has 0 spiro atoms. The van der Waals surface area contributed by atoms with Crippen molar-refractivity contribution in [2.45, 2.75) is 18.9 Å². The van der Waals surface area contributed by atoms with E-state index in [1.807, 2.05) is 12.1 Å². The summed E-state index contributed by atoms with van der Waals surface area (Å²) < 4.78 is 5.35. The lowest BCUT2D eigenvalue weighted by atomic mass is 9.75. The number of methoxy groups -OCH3 is 1. The fourth-order valence-electron chi connectivity index (χ4n) is 3.62. The summed E-state index contributed by atoms with van der Waals surface area (Å²) in [5.74, 6) is 1.25. The van der Waals surface area contributed by atoms with E-state index < -0.39 is 0 Å². The number of hydrogen-bond acceptors (Lipinski definition) is 2. The minimum Gasteiger partial charge on any atom is -0.497 e. The highest BCUT2D eigenvalue weighted by Gasteiger charge is 2.36. The van der Waals surface area contributed by atoms with Crippen LogP contribution in [0.1, 0.15) is 29.2 Å². The third-order valence-electron chi connectivity index (χ3n) is 4.73. The van der Waals surface area contributed by atoms with E-state index in [1.54, 1.807) is 7.11 Å². The Kier molecular flexibility index (Phi) is 3.62. The molecule has 0 aromatic heterocycles. The van der Waals surface area contributed by atoms with Gasteiger partial charge in [0.2, 0.25) is 0 Å². The Hall–Kier alpha value is -2.20. The lowest BCUT2D eigenvalue weighted by Gasteiger charge is -2.37. The maximum atomic E-state index is 5.41. The van der Waals surface area contributed by atoms with Crippen molar-refractivity contribution >= 4 is 23.0 Å². The summed E-state index contributed by atoms with van der Waals surface area (Å²) in [5.41, 5.74) is 4.90. The molecule has 116 valence electrons. The second kappa shape index (κ2) is 5.78. The Morgan fingerprint density at radius 2 is 2.00 bits per heavy atom. The van der Waals surface area contributed by atoms with Crippen molar-refractivity contribution in [1.82, 2.24) is 5.32 Å². The molecule has 0 bridgehead atoms. The smallest absolute Gasteiger partial charge is 0.193 e. The molecule has 2 aromatic rings. The minimum atomic E-state index is 0.200. The van der Waals surface area contributed by atoms with Crippen LogP contribution in [0.25, 0.3) is 0 Å². The highest BCUT2D eigenvalue weighted by atomic mass is 32.1. The molecule has 0 radical (unpaired) electrons. The van der Waals surface area contributed by atoms with E-state index >= 15 is 0 Å². The largest absolute Gasteiger partial charge is 0.497 e. The van der Waals surface area contributed by atoms with Crippen LogP contribution >= 0.6 is 12.2 Å². The van der Waals surface area contributed by atoms with Crippen LogP contribution in [0.2, 0.25) is 0 Å². The summed E-state index contributed by atoms with van der Waals surface area (Å²) in [5, 5.41) is 3.98. The fourth-order valence-corrected chi connectivity index (χ4v) is 3.85. The number of benzene rings is 2. The van der Waals surface area contributed by atoms with E-state index in [1.165, 1.54) is 16.7 Å². The van der Waals surface area contributed by atoms with Crippen LogP contribution in [-0.4, -0.2) is 17.9 Å². The molecular formula is C19H18N2OS. The third kappa shape index (κ3) is 2.53. The van der Waals surface area contributed by atoms with Crippen molar-refractivity contribution in [2.75, 3.05) is 7.11 Å². The Morgan fingerprint density at radius 3 is 2.78 bits per heavy atom. The average Bonchev–Trinajstić information content (AvgIpc) is 2.61. The second-order valence-electron chi connectivity index (χ2n) is 6.00. The first-order valence-electron chi connectivity index (χ1n) is 7.87. The first kappa shape index (κ1) is 14.4. The molecule has 2 aromatic carbocycles. The summed E-state index contributed by atoms with van der Waals surface area (Å²) in [6.07, 6.45) is 2.10. The minimum absolute atomic E-state index is 0.200. The molecule has 2 atom stereocenters. The van der Waals surface area contributed by atoms with Crippen LogP contribution in [0.4, 0.5) is 0 Å². The summed E-state index contributed by atoms with van der Waals surface area (Å²) >= 11 is 5.41. The first-order valence-corrected chi connectivity index (χ1v) is 8.28. The number of nitrogens with one attached hydrogen (secondary N) is 1. The SMILES string of the molecule is COc1ccc2c(c1)CCC1C2=NC(=S)NC1c1ccccc1. The molecule has 1 N–H and O–H groups in total. The molecule has 4 rings (SSSR count). The molecule has 0 saturated carbocycles. The maximum Gasteiger partial charge on any atom is 0.193 e. The van der Waals surface area contributed by atoms with Gasteiger partial charge in [-0.25, -0.2) is 4.99 Å². The average molecular weight is 322 g/mol. The fraction of sp³-hybridized carbons (Fsp3) is 0.263. The molecular weight excluding hydrogens is 304 g/mol. The molecule has 3 nitrogen and oxygen atoms in total. The second-order valence-corrected chi connectivity index (χ2v) is 6.39. The Labute approximate surface area is 141 Å². The molecule has 23 heavy (non-hydrogen) atoms. The standard InChI is InChI=1S/C19H18N2OS/c1-22-14-8-10-15-13(11-14)7-9-16-17(12-5-3-2-4-6-12)20-19(23)21-18(15)16/h2-6,8,10-11,16-17H,7,9H2,1H3,(H,20,23). The summed E-state index contributed by atoms with van der Waals surface area (Å²) in [4.78, 5) is 4.67. The van der Waals surface area contributed by atoms with Crippen molar-refractivity contribution in [3.8, 4) is 5.75 Å². The molecule has 1 aliphatic carbocycles. The number of aryl methyl sites for hydroxylation is 1. The number of nitrogens with zero attached hydrogens (tertiary/aromatic N) is 1. The quantitative estimate of drug-likeness (QED) is 0.857. The first-order chi connectivity index (χ1) is 11.3. The van der Waals surface area contributed by atoms with Crippen molar-refractivity contribution in [1.29, 1.82) is 0 Å². The van der Waals surface area contributed by atoms with Gasteiger partial charge < -0.3 is 10.1 Å². The van der Waals surface area contributed by atoms with Crippen LogP contribution in [0, 0.1) is 5.92 Å². The number of ether oxygens (including phenoxy) is 1. The van der Waals surface area contributed by atoms with Gasteiger partial charge in [0, 0.05) is 5.92 Å². The number of hydrogen-bond donors (Lipinski definition) is 1. The van der Waals surface area contributed by atoms with Gasteiger partial charge in [-0.3, -0.25) is 0 Å². The number of fused-ring (bicyclic) bond motifs is 3. The van der Waals surface area contributed by atoms with Gasteiger partial charge in [0.1, 0.15) is 5.75 Å². The van der Waals surface area contributed by atoms with Crippen LogP contribution in [0.15, 0.2) is 53.5 Å². The van der Waals surface area contributed by atoms with Gasteiger partial charge in [0.15, 0.2) is 5.11 Å². The van der Waals surface area contributed by atoms with E-state index in [9.17, 15) is 0 Å². The van der Waals surface area contributed by atoms with Crippen molar-refractivity contribution in [3.05, 3.63) is 65.2 Å². The zero-order chi connectivity index (χ0) is 15.8. The molecule has 0 saturated heterocycles. The van der Waals surface area contributed by atoms with Gasteiger partial charge in [-0.1, -0.05) is 30.3 Å². The van der Waals surface area contributed by atoms with Crippen LogP contribution in [-0.2, 0) is 6.42 Å². The molecule has 1 heterocycles. The lowest BCUT2D eigenvalue weighted by Crippen LogP contribution is -2.43. The normalized spacial score (nSPS) is 22.5. The van der Waals surface area contributed by atoms with E-state index in [0.29, 0.717) is 11.0 Å². The van der Waals surface area contributed by atoms with Gasteiger partial charge >= 0.3 is 0 Å². The van der Waals surface area contributed by atoms with E-state index in [0.717, 1.165) is 24.3 Å². The number of rotatable bonds is 2. The predicted molar refractivity (Wildman–Crippen MR) is 96.3 cm³/mol. The lowest BCUT2D eigenvalue weighted by molar-refractivity contribution is 0.413. The molecule has 2 unspecified atom stereocenters. The third-order valence-corrected chi connectivity index (χ3v) is 4.94. The van der Waals surface area contributed by atoms with Gasteiger partial charge in [-0.2, -0.15) is 0 Å². The Bertz CT molecular complexity index is 785. The van der Waals surface area contributed by atoms with Crippen molar-refractivity contribution < 1.29 is 4.74 Å². The highest BCUT2D eigenvalue weighted by Crippen LogP contribution is 2.38. The monoisotopic (exact) mass is 322 g/mol. The summed E-state index contributed by atoms with van der Waals surface area (Å²) in [6.45, 7) is 0. The predicted octanol–water partition coefficient (Wildman–Crippen LogP) is 3.68. The highest BCUT2D eigenvalue weighted by molar-refractivity contribution is 7.80. The topological polar surface area (TPSA) is 33.6 Å². The van der Waals surface area contributed by atoms with E-state index in [2.05, 4.69) is 46.7 Å². The molecule has 1 aliphatic heterocycles.